The molecule has 0 spiro atoms. The molecule has 0 aliphatic carbocycles. The van der Waals surface area contributed by atoms with Crippen molar-refractivity contribution in [3.05, 3.63) is 63.7 Å². The average Bonchev–Trinajstić information content (AvgIpc) is 2.37. The summed E-state index contributed by atoms with van der Waals surface area (Å²) in [4.78, 5) is 10.0. The first-order valence-electron chi connectivity index (χ1n) is 5.74. The Hall–Kier alpha value is -2.35. The fourth-order valence-electron chi connectivity index (χ4n) is 1.77. The minimum absolute atomic E-state index is 0.0606. The highest BCUT2D eigenvalue weighted by Crippen LogP contribution is 2.24. The maximum Gasteiger partial charge on any atom is 0.273 e. The molecule has 0 saturated heterocycles. The zero-order valence-corrected chi connectivity index (χ0v) is 11.4. The summed E-state index contributed by atoms with van der Waals surface area (Å²) in [5.41, 5.74) is 5.14. The van der Waals surface area contributed by atoms with Crippen LogP contribution in [-0.2, 0) is 16.6 Å². The molecule has 0 amide bonds. The van der Waals surface area contributed by atoms with Crippen LogP contribution in [0.1, 0.15) is 5.56 Å². The molecule has 2 aromatic rings. The fraction of sp³-hybridized carbons (Fsp3) is 0.0769. The van der Waals surface area contributed by atoms with Crippen LogP contribution in [0.3, 0.4) is 0 Å². The molecule has 0 saturated carbocycles. The Morgan fingerprint density at radius 1 is 1.19 bits per heavy atom. The number of hydrogen-bond donors (Lipinski definition) is 1. The van der Waals surface area contributed by atoms with Gasteiger partial charge in [0.25, 0.3) is 5.69 Å². The molecule has 1 atom stereocenters. The number of nitrogens with zero attached hydrogens (tertiary/aromatic N) is 1. The van der Waals surface area contributed by atoms with Crippen LogP contribution >= 0.6 is 0 Å². The third-order valence-electron chi connectivity index (χ3n) is 2.73. The fourth-order valence-corrected chi connectivity index (χ4v) is 2.93. The molecule has 2 N–H and O–H groups in total. The van der Waals surface area contributed by atoms with Crippen LogP contribution in [0.15, 0.2) is 41.3 Å². The molecule has 0 radical (unpaired) electrons. The molecule has 0 heterocycles. The van der Waals surface area contributed by atoms with Crippen molar-refractivity contribution in [2.24, 2.45) is 0 Å². The molecule has 2 rings (SSSR count). The first-order valence-corrected chi connectivity index (χ1v) is 7.06. The van der Waals surface area contributed by atoms with Crippen molar-refractivity contribution in [3.63, 3.8) is 0 Å². The Labute approximate surface area is 121 Å². The standard InChI is InChI=1S/C13H10F2N2O3S/c14-9-1-3-12(17(18)19)8(5-9)7-21(20)13-4-2-10(16)6-11(13)15/h1-6H,7,16H2. The first-order chi connectivity index (χ1) is 9.88. The van der Waals surface area contributed by atoms with Gasteiger partial charge in [-0.3, -0.25) is 14.3 Å². The van der Waals surface area contributed by atoms with Crippen molar-refractivity contribution in [2.75, 3.05) is 5.73 Å². The van der Waals surface area contributed by atoms with Crippen molar-refractivity contribution < 1.29 is 17.9 Å². The van der Waals surface area contributed by atoms with Crippen LogP contribution in [0.25, 0.3) is 0 Å². The van der Waals surface area contributed by atoms with Crippen LogP contribution in [-0.4, -0.2) is 9.13 Å². The third kappa shape index (κ3) is 3.40. The minimum Gasteiger partial charge on any atom is -0.399 e. The van der Waals surface area contributed by atoms with Gasteiger partial charge in [-0.15, -0.1) is 0 Å². The Bertz CT molecular complexity index is 737. The summed E-state index contributed by atoms with van der Waals surface area (Å²) < 4.78 is 39.0. The maximum atomic E-state index is 13.7. The van der Waals surface area contributed by atoms with E-state index in [2.05, 4.69) is 0 Å². The molecule has 0 fully saturated rings. The van der Waals surface area contributed by atoms with Crippen LogP contribution < -0.4 is 5.73 Å². The molecule has 0 aliphatic rings. The van der Waals surface area contributed by atoms with Crippen LogP contribution in [0.5, 0.6) is 0 Å². The molecular weight excluding hydrogens is 302 g/mol. The highest BCUT2D eigenvalue weighted by Gasteiger charge is 2.19. The zero-order chi connectivity index (χ0) is 15.6. The highest BCUT2D eigenvalue weighted by molar-refractivity contribution is 7.84. The topological polar surface area (TPSA) is 86.2 Å². The number of anilines is 1. The van der Waals surface area contributed by atoms with Crippen LogP contribution in [0.2, 0.25) is 0 Å². The van der Waals surface area contributed by atoms with Gasteiger partial charge in [0.15, 0.2) is 0 Å². The first kappa shape index (κ1) is 15.0. The predicted molar refractivity (Wildman–Crippen MR) is 74.0 cm³/mol. The second kappa shape index (κ2) is 5.96. The lowest BCUT2D eigenvalue weighted by atomic mass is 10.2. The SMILES string of the molecule is Nc1ccc(S(=O)Cc2cc(F)ccc2[N+](=O)[O-])c(F)c1. The Morgan fingerprint density at radius 2 is 1.90 bits per heavy atom. The summed E-state index contributed by atoms with van der Waals surface area (Å²) in [5, 5.41) is 10.9. The molecule has 0 aliphatic heterocycles. The second-order valence-corrected chi connectivity index (χ2v) is 5.63. The Kier molecular flexibility index (Phi) is 4.27. The number of nitrogen functional groups attached to an aromatic ring is 1. The number of halogens is 2. The van der Waals surface area contributed by atoms with Gasteiger partial charge in [0.1, 0.15) is 11.6 Å². The van der Waals surface area contributed by atoms with Crippen molar-refractivity contribution in [1.29, 1.82) is 0 Å². The van der Waals surface area contributed by atoms with E-state index in [9.17, 15) is 23.1 Å². The average molecular weight is 312 g/mol. The predicted octanol–water partition coefficient (Wildman–Crippen LogP) is 2.76. The normalized spacial score (nSPS) is 12.1. The summed E-state index contributed by atoms with van der Waals surface area (Å²) in [7, 11) is -1.89. The van der Waals surface area contributed by atoms with E-state index in [0.717, 1.165) is 24.3 Å². The molecule has 0 bridgehead atoms. The third-order valence-corrected chi connectivity index (χ3v) is 4.12. The van der Waals surface area contributed by atoms with Crippen molar-refractivity contribution in [2.45, 2.75) is 10.6 Å². The van der Waals surface area contributed by atoms with Gasteiger partial charge in [-0.05, 0) is 30.3 Å². The summed E-state index contributed by atoms with van der Waals surface area (Å²) >= 11 is 0. The van der Waals surface area contributed by atoms with Crippen LogP contribution in [0, 0.1) is 21.7 Å². The van der Waals surface area contributed by atoms with E-state index < -0.39 is 27.4 Å². The maximum absolute atomic E-state index is 13.7. The van der Waals surface area contributed by atoms with Crippen molar-refractivity contribution in [1.82, 2.24) is 0 Å². The van der Waals surface area contributed by atoms with Gasteiger partial charge in [-0.25, -0.2) is 8.78 Å². The Balaban J connectivity index is 2.35. The van der Waals surface area contributed by atoms with Crippen molar-refractivity contribution in [3.8, 4) is 0 Å². The van der Waals surface area contributed by atoms with E-state index in [1.165, 1.54) is 12.1 Å². The van der Waals surface area contributed by atoms with Crippen LogP contribution in [0.4, 0.5) is 20.2 Å². The molecule has 1 unspecified atom stereocenters. The summed E-state index contributed by atoms with van der Waals surface area (Å²) in [6.07, 6.45) is 0. The number of nitrogens with two attached hydrogens (primary N) is 1. The van der Waals surface area contributed by atoms with E-state index in [0.29, 0.717) is 0 Å². The molecule has 2 aromatic carbocycles. The molecule has 0 aromatic heterocycles. The zero-order valence-electron chi connectivity index (χ0n) is 10.6. The van der Waals surface area contributed by atoms with Gasteiger partial charge < -0.3 is 5.73 Å². The van der Waals surface area contributed by atoms with Crippen molar-refractivity contribution >= 4 is 22.2 Å². The largest absolute Gasteiger partial charge is 0.399 e. The number of nitro groups is 1. The van der Waals surface area contributed by atoms with E-state index in [-0.39, 0.29) is 27.6 Å². The summed E-state index contributed by atoms with van der Waals surface area (Å²) in [6.45, 7) is 0. The lowest BCUT2D eigenvalue weighted by Crippen LogP contribution is -2.03. The molecule has 5 nitrogen and oxygen atoms in total. The summed E-state index contributed by atoms with van der Waals surface area (Å²) in [6, 6.07) is 6.47. The number of benzene rings is 2. The molecular formula is C13H10F2N2O3S. The van der Waals surface area contributed by atoms with E-state index in [4.69, 9.17) is 5.73 Å². The quantitative estimate of drug-likeness (QED) is 0.534. The lowest BCUT2D eigenvalue weighted by molar-refractivity contribution is -0.385. The molecule has 21 heavy (non-hydrogen) atoms. The van der Waals surface area contributed by atoms with E-state index in [1.807, 2.05) is 0 Å². The van der Waals surface area contributed by atoms with Gasteiger partial charge in [0.05, 0.1) is 26.4 Å². The van der Waals surface area contributed by atoms with Gasteiger partial charge in [-0.2, -0.15) is 0 Å². The molecule has 110 valence electrons. The van der Waals surface area contributed by atoms with Gasteiger partial charge in [-0.1, -0.05) is 0 Å². The summed E-state index contributed by atoms with van der Waals surface area (Å²) in [5.74, 6) is -1.83. The Morgan fingerprint density at radius 3 is 2.52 bits per heavy atom. The van der Waals surface area contributed by atoms with Gasteiger partial charge >= 0.3 is 0 Å². The monoisotopic (exact) mass is 312 g/mol. The highest BCUT2D eigenvalue weighted by atomic mass is 32.2. The number of rotatable bonds is 4. The van der Waals surface area contributed by atoms with Gasteiger partial charge in [0.2, 0.25) is 0 Å². The second-order valence-electron chi connectivity index (χ2n) is 4.21. The molecule has 8 heteroatoms. The number of hydrogen-bond acceptors (Lipinski definition) is 4. The van der Waals surface area contributed by atoms with E-state index >= 15 is 0 Å². The number of nitro benzene ring substituents is 1. The van der Waals surface area contributed by atoms with E-state index in [1.54, 1.807) is 0 Å². The van der Waals surface area contributed by atoms with Gasteiger partial charge in [0, 0.05) is 17.3 Å². The smallest absolute Gasteiger partial charge is 0.273 e. The minimum atomic E-state index is -1.89. The lowest BCUT2D eigenvalue weighted by Gasteiger charge is -2.06.